The first-order valence-corrected chi connectivity index (χ1v) is 9.61. The van der Waals surface area contributed by atoms with E-state index in [0.29, 0.717) is 25.3 Å². The lowest BCUT2D eigenvalue weighted by atomic mass is 9.98. The maximum atomic E-state index is 12.7. The lowest BCUT2D eigenvalue weighted by molar-refractivity contribution is -0.157. The molecule has 168 valence electrons. The number of nitrogens with one attached hydrogen (secondary N) is 2. The van der Waals surface area contributed by atoms with Gasteiger partial charge in [0.05, 0.1) is 13.5 Å². The van der Waals surface area contributed by atoms with Gasteiger partial charge in [0.25, 0.3) is 0 Å². The molecule has 4 N–H and O–H groups in total. The van der Waals surface area contributed by atoms with E-state index < -0.39 is 29.5 Å². The fraction of sp³-hybridized carbons (Fsp3) is 0.789. The highest BCUT2D eigenvalue weighted by Gasteiger charge is 2.27. The molecule has 29 heavy (non-hydrogen) atoms. The van der Waals surface area contributed by atoms with Gasteiger partial charge in [0, 0.05) is 26.1 Å². The van der Waals surface area contributed by atoms with Crippen molar-refractivity contribution in [3.8, 4) is 0 Å². The molecule has 0 unspecified atom stereocenters. The van der Waals surface area contributed by atoms with Crippen LogP contribution in [0, 0.1) is 5.92 Å². The summed E-state index contributed by atoms with van der Waals surface area (Å²) >= 11 is 0. The molecule has 0 radical (unpaired) electrons. The summed E-state index contributed by atoms with van der Waals surface area (Å²) < 4.78 is 10.1. The number of rotatable bonds is 11. The quantitative estimate of drug-likeness (QED) is 0.184. The minimum Gasteiger partial charge on any atom is -0.468 e. The van der Waals surface area contributed by atoms with E-state index >= 15 is 0 Å². The molecule has 0 heterocycles. The third-order valence-corrected chi connectivity index (χ3v) is 4.05. The number of aliphatic imine (C=N–C) groups is 1. The summed E-state index contributed by atoms with van der Waals surface area (Å²) in [6, 6.07) is -0.617. The van der Waals surface area contributed by atoms with Crippen molar-refractivity contribution in [2.45, 2.75) is 51.7 Å². The summed E-state index contributed by atoms with van der Waals surface area (Å²) in [5, 5.41) is 5.67. The standard InChI is InChI=1S/C19H37N5O5/c1-19(2,3)29-15(25)11-13(9-8-10-22-18(20)21-4)16(26)23-12-14(24(5)6)17(27)28-7/h13-14H,8-12H2,1-7H3,(H,23,26)(H3,20,21,22)/t13-,14+/m1/s1. The predicted molar refractivity (Wildman–Crippen MR) is 111 cm³/mol. The predicted octanol–water partition coefficient (Wildman–Crippen LogP) is -0.132. The smallest absolute Gasteiger partial charge is 0.324 e. The molecule has 0 fully saturated rings. The van der Waals surface area contributed by atoms with Crippen molar-refractivity contribution < 1.29 is 23.9 Å². The van der Waals surface area contributed by atoms with Gasteiger partial charge in [0.15, 0.2) is 5.96 Å². The molecule has 0 aliphatic carbocycles. The Bertz CT molecular complexity index is 572. The van der Waals surface area contributed by atoms with E-state index in [4.69, 9.17) is 15.2 Å². The number of carbonyl (C=O) groups is 3. The van der Waals surface area contributed by atoms with Gasteiger partial charge in [0.1, 0.15) is 11.6 Å². The normalized spacial score (nSPS) is 14.1. The molecule has 2 atom stereocenters. The second-order valence-corrected chi connectivity index (χ2v) is 7.91. The Morgan fingerprint density at radius 3 is 2.28 bits per heavy atom. The molecule has 0 rings (SSSR count). The number of amides is 1. The molecule has 10 heteroatoms. The SMILES string of the molecule is CN=C(N)NCCC[C@H](CC(=O)OC(C)(C)C)C(=O)NC[C@@H](C(=O)OC)N(C)C. The van der Waals surface area contributed by atoms with E-state index in [9.17, 15) is 14.4 Å². The van der Waals surface area contributed by atoms with E-state index in [1.165, 1.54) is 7.11 Å². The fourth-order valence-electron chi connectivity index (χ4n) is 2.51. The molecular formula is C19H37N5O5. The molecular weight excluding hydrogens is 378 g/mol. The van der Waals surface area contributed by atoms with Gasteiger partial charge < -0.3 is 25.8 Å². The van der Waals surface area contributed by atoms with Crippen LogP contribution in [0.4, 0.5) is 0 Å². The number of nitrogens with two attached hydrogens (primary N) is 1. The van der Waals surface area contributed by atoms with Gasteiger partial charge in [-0.25, -0.2) is 0 Å². The number of nitrogens with zero attached hydrogens (tertiary/aromatic N) is 2. The first-order chi connectivity index (χ1) is 13.4. The average Bonchev–Trinajstić information content (AvgIpc) is 2.61. The van der Waals surface area contributed by atoms with Crippen LogP contribution >= 0.6 is 0 Å². The first kappa shape index (κ1) is 26.6. The van der Waals surface area contributed by atoms with Gasteiger partial charge in [-0.05, 0) is 47.7 Å². The zero-order valence-electron chi connectivity index (χ0n) is 18.7. The van der Waals surface area contributed by atoms with Crippen molar-refractivity contribution in [1.29, 1.82) is 0 Å². The molecule has 0 aromatic carbocycles. The lowest BCUT2D eigenvalue weighted by Crippen LogP contribution is -2.47. The van der Waals surface area contributed by atoms with Gasteiger partial charge in [-0.15, -0.1) is 0 Å². The number of ether oxygens (including phenoxy) is 2. The van der Waals surface area contributed by atoms with Gasteiger partial charge in [-0.2, -0.15) is 0 Å². The van der Waals surface area contributed by atoms with Crippen molar-refractivity contribution in [3.63, 3.8) is 0 Å². The monoisotopic (exact) mass is 415 g/mol. The van der Waals surface area contributed by atoms with Crippen LogP contribution in [-0.2, 0) is 23.9 Å². The van der Waals surface area contributed by atoms with Crippen molar-refractivity contribution in [1.82, 2.24) is 15.5 Å². The summed E-state index contributed by atoms with van der Waals surface area (Å²) in [5.41, 5.74) is 4.96. The zero-order chi connectivity index (χ0) is 22.6. The van der Waals surface area contributed by atoms with Crippen molar-refractivity contribution >= 4 is 23.8 Å². The topological polar surface area (TPSA) is 135 Å². The average molecular weight is 416 g/mol. The highest BCUT2D eigenvalue weighted by atomic mass is 16.6. The Kier molecular flexibility index (Phi) is 11.9. The zero-order valence-corrected chi connectivity index (χ0v) is 18.7. The van der Waals surface area contributed by atoms with Crippen LogP contribution in [-0.4, -0.2) is 81.7 Å². The Morgan fingerprint density at radius 2 is 1.79 bits per heavy atom. The molecule has 0 spiro atoms. The molecule has 0 aliphatic rings. The Morgan fingerprint density at radius 1 is 1.17 bits per heavy atom. The van der Waals surface area contributed by atoms with Gasteiger partial charge in [0.2, 0.25) is 5.91 Å². The molecule has 0 bridgehead atoms. The first-order valence-electron chi connectivity index (χ1n) is 9.61. The molecule has 0 aromatic heterocycles. The number of esters is 2. The van der Waals surface area contributed by atoms with Gasteiger partial charge in [-0.1, -0.05) is 0 Å². The Labute approximate surface area is 173 Å². The third-order valence-electron chi connectivity index (χ3n) is 4.05. The number of methoxy groups -OCH3 is 1. The largest absolute Gasteiger partial charge is 0.468 e. The summed E-state index contributed by atoms with van der Waals surface area (Å²) in [6.45, 7) is 5.92. The van der Waals surface area contributed by atoms with E-state index in [1.807, 2.05) is 0 Å². The number of guanidine groups is 1. The summed E-state index contributed by atoms with van der Waals surface area (Å²) in [7, 11) is 6.31. The second kappa shape index (κ2) is 13.0. The fourth-order valence-corrected chi connectivity index (χ4v) is 2.51. The number of carbonyl (C=O) groups excluding carboxylic acids is 3. The third kappa shape index (κ3) is 11.9. The van der Waals surface area contributed by atoms with E-state index in [2.05, 4.69) is 15.6 Å². The number of hydrogen-bond donors (Lipinski definition) is 3. The van der Waals surface area contributed by atoms with Crippen LogP contribution < -0.4 is 16.4 Å². The second-order valence-electron chi connectivity index (χ2n) is 7.91. The molecule has 1 amide bonds. The molecule has 0 saturated carbocycles. The van der Waals surface area contributed by atoms with Crippen LogP contribution in [0.5, 0.6) is 0 Å². The van der Waals surface area contributed by atoms with E-state index in [0.717, 1.165) is 0 Å². The summed E-state index contributed by atoms with van der Waals surface area (Å²) in [6.07, 6.45) is 0.996. The maximum absolute atomic E-state index is 12.7. The van der Waals surface area contributed by atoms with Crippen molar-refractivity contribution in [2.24, 2.45) is 16.6 Å². The maximum Gasteiger partial charge on any atom is 0.324 e. The minimum atomic E-state index is -0.632. The molecule has 0 aromatic rings. The van der Waals surface area contributed by atoms with Crippen LogP contribution in [0.2, 0.25) is 0 Å². The highest BCUT2D eigenvalue weighted by molar-refractivity contribution is 5.84. The van der Waals surface area contributed by atoms with Crippen molar-refractivity contribution in [3.05, 3.63) is 0 Å². The highest BCUT2D eigenvalue weighted by Crippen LogP contribution is 2.16. The summed E-state index contributed by atoms with van der Waals surface area (Å²) in [4.78, 5) is 42.2. The minimum absolute atomic E-state index is 0.0503. The van der Waals surface area contributed by atoms with Gasteiger partial charge in [-0.3, -0.25) is 24.3 Å². The van der Waals surface area contributed by atoms with Crippen LogP contribution in [0.15, 0.2) is 4.99 Å². The summed E-state index contributed by atoms with van der Waals surface area (Å²) in [5.74, 6) is -1.49. The molecule has 0 saturated heterocycles. The number of hydrogen-bond acceptors (Lipinski definition) is 7. The van der Waals surface area contributed by atoms with Crippen LogP contribution in [0.25, 0.3) is 0 Å². The van der Waals surface area contributed by atoms with Crippen LogP contribution in [0.1, 0.15) is 40.0 Å². The Hall–Kier alpha value is -2.36. The van der Waals surface area contributed by atoms with Gasteiger partial charge >= 0.3 is 11.9 Å². The molecule has 10 nitrogen and oxygen atoms in total. The lowest BCUT2D eigenvalue weighted by Gasteiger charge is -2.24. The number of likely N-dealkylation sites (N-methyl/N-ethyl adjacent to an activating group) is 1. The van der Waals surface area contributed by atoms with Crippen LogP contribution in [0.3, 0.4) is 0 Å². The van der Waals surface area contributed by atoms with E-state index in [-0.39, 0.29) is 18.9 Å². The molecule has 0 aliphatic heterocycles. The Balaban J connectivity index is 4.97. The van der Waals surface area contributed by atoms with E-state index in [1.54, 1.807) is 46.8 Å². The van der Waals surface area contributed by atoms with Crippen molar-refractivity contribution in [2.75, 3.05) is 41.3 Å².